The zero-order valence-corrected chi connectivity index (χ0v) is 19.0. The quantitative estimate of drug-likeness (QED) is 0.216. The third-order valence-electron chi connectivity index (χ3n) is 5.70. The molecule has 0 heterocycles. The molecule has 2 N–H and O–H groups in total. The lowest BCUT2D eigenvalue weighted by Gasteiger charge is -2.11. The molecule has 0 aliphatic heterocycles. The molecular formula is C30H28N2O2. The summed E-state index contributed by atoms with van der Waals surface area (Å²) in [5, 5.41) is 7.90. The van der Waals surface area contributed by atoms with Gasteiger partial charge < -0.3 is 10.6 Å². The van der Waals surface area contributed by atoms with Gasteiger partial charge in [0.2, 0.25) is 0 Å². The third kappa shape index (κ3) is 6.20. The first-order valence-electron chi connectivity index (χ1n) is 11.5. The van der Waals surface area contributed by atoms with E-state index in [0.717, 1.165) is 27.5 Å². The van der Waals surface area contributed by atoms with Crippen molar-refractivity contribution >= 4 is 28.7 Å². The second-order valence-electron chi connectivity index (χ2n) is 8.11. The normalized spacial score (nSPS) is 10.5. The first-order chi connectivity index (χ1) is 16.7. The number of fused-ring (bicyclic) bond motifs is 1. The van der Waals surface area contributed by atoms with Crippen molar-refractivity contribution in [2.24, 2.45) is 0 Å². The van der Waals surface area contributed by atoms with E-state index in [2.05, 4.69) is 10.6 Å². The van der Waals surface area contributed by atoms with E-state index in [4.69, 9.17) is 0 Å². The fourth-order valence-corrected chi connectivity index (χ4v) is 3.89. The minimum atomic E-state index is -0.374. The van der Waals surface area contributed by atoms with Crippen LogP contribution in [0.1, 0.15) is 16.7 Å². The second kappa shape index (κ2) is 11.6. The maximum atomic E-state index is 13.1. The number of benzene rings is 4. The molecule has 0 bridgehead atoms. The Bertz CT molecular complexity index is 1220. The first-order valence-corrected chi connectivity index (χ1v) is 11.5. The highest BCUT2D eigenvalue weighted by atomic mass is 16.2. The summed E-state index contributed by atoms with van der Waals surface area (Å²) in [6, 6.07) is 33.8. The van der Waals surface area contributed by atoms with E-state index < -0.39 is 0 Å². The predicted molar refractivity (Wildman–Crippen MR) is 138 cm³/mol. The number of rotatable bonds is 9. The maximum Gasteiger partial charge on any atom is 0.256 e. The lowest BCUT2D eigenvalue weighted by Crippen LogP contribution is -2.36. The van der Waals surface area contributed by atoms with Crippen molar-refractivity contribution in [1.29, 1.82) is 0 Å². The monoisotopic (exact) mass is 448 g/mol. The van der Waals surface area contributed by atoms with E-state index in [1.54, 1.807) is 6.08 Å². The van der Waals surface area contributed by atoms with Crippen LogP contribution in [-0.4, -0.2) is 24.9 Å². The van der Waals surface area contributed by atoms with Gasteiger partial charge in [-0.15, -0.1) is 0 Å². The van der Waals surface area contributed by atoms with Gasteiger partial charge in [-0.25, -0.2) is 0 Å². The minimum Gasteiger partial charge on any atom is -0.352 e. The fourth-order valence-electron chi connectivity index (χ4n) is 3.89. The molecule has 4 aromatic carbocycles. The summed E-state index contributed by atoms with van der Waals surface area (Å²) >= 11 is 0. The molecule has 4 heteroatoms. The molecule has 0 radical (unpaired) electrons. The van der Waals surface area contributed by atoms with Crippen molar-refractivity contribution in [1.82, 2.24) is 10.6 Å². The van der Waals surface area contributed by atoms with Crippen LogP contribution in [0.15, 0.2) is 109 Å². The SMILES string of the molecule is O=C(NCCc1ccccc1)C(=Cc1cccc2ccccc12)C(=O)NCCc1ccccc1. The summed E-state index contributed by atoms with van der Waals surface area (Å²) < 4.78 is 0. The third-order valence-corrected chi connectivity index (χ3v) is 5.70. The van der Waals surface area contributed by atoms with Gasteiger partial charge in [0.25, 0.3) is 11.8 Å². The van der Waals surface area contributed by atoms with E-state index >= 15 is 0 Å². The highest BCUT2D eigenvalue weighted by Crippen LogP contribution is 2.21. The van der Waals surface area contributed by atoms with Gasteiger partial charge in [0.1, 0.15) is 5.57 Å². The predicted octanol–water partition coefficient (Wildman–Crippen LogP) is 4.94. The fraction of sp³-hybridized carbons (Fsp3) is 0.133. The average molecular weight is 449 g/mol. The lowest BCUT2D eigenvalue weighted by molar-refractivity contribution is -0.123. The zero-order chi connectivity index (χ0) is 23.6. The minimum absolute atomic E-state index is 0.109. The van der Waals surface area contributed by atoms with Crippen molar-refractivity contribution in [3.8, 4) is 0 Å². The molecule has 0 spiro atoms. The van der Waals surface area contributed by atoms with Crippen LogP contribution in [-0.2, 0) is 22.4 Å². The lowest BCUT2D eigenvalue weighted by atomic mass is 10.0. The van der Waals surface area contributed by atoms with Crippen LogP contribution >= 0.6 is 0 Å². The summed E-state index contributed by atoms with van der Waals surface area (Å²) in [6.07, 6.45) is 3.09. The molecule has 0 atom stereocenters. The van der Waals surface area contributed by atoms with Gasteiger partial charge >= 0.3 is 0 Å². The molecule has 0 aliphatic carbocycles. The highest BCUT2D eigenvalue weighted by molar-refractivity contribution is 6.22. The van der Waals surface area contributed by atoms with Gasteiger partial charge in [-0.05, 0) is 46.4 Å². The van der Waals surface area contributed by atoms with Crippen LogP contribution in [0.2, 0.25) is 0 Å². The Morgan fingerprint density at radius 3 is 1.68 bits per heavy atom. The highest BCUT2D eigenvalue weighted by Gasteiger charge is 2.18. The van der Waals surface area contributed by atoms with Crippen LogP contribution < -0.4 is 10.6 Å². The molecule has 2 amide bonds. The number of carbonyl (C=O) groups excluding carboxylic acids is 2. The molecule has 4 rings (SSSR count). The summed E-state index contributed by atoms with van der Waals surface area (Å²) in [7, 11) is 0. The average Bonchev–Trinajstić information content (AvgIpc) is 2.88. The number of hydrogen-bond donors (Lipinski definition) is 2. The molecule has 0 aliphatic rings. The first kappa shape index (κ1) is 23.0. The Morgan fingerprint density at radius 1 is 0.588 bits per heavy atom. The molecule has 0 unspecified atom stereocenters. The number of amides is 2. The van der Waals surface area contributed by atoms with E-state index in [0.29, 0.717) is 25.9 Å². The van der Waals surface area contributed by atoms with Crippen molar-refractivity contribution in [3.05, 3.63) is 125 Å². The van der Waals surface area contributed by atoms with Gasteiger partial charge in [-0.3, -0.25) is 9.59 Å². The summed E-state index contributed by atoms with van der Waals surface area (Å²) in [5.41, 5.74) is 3.21. The molecule has 0 fully saturated rings. The van der Waals surface area contributed by atoms with Gasteiger partial charge in [-0.2, -0.15) is 0 Å². The smallest absolute Gasteiger partial charge is 0.256 e. The summed E-state index contributed by atoms with van der Waals surface area (Å²) in [6.45, 7) is 0.903. The Hall–Kier alpha value is -4.18. The molecule has 34 heavy (non-hydrogen) atoms. The van der Waals surface area contributed by atoms with Crippen molar-refractivity contribution in [2.75, 3.05) is 13.1 Å². The Balaban J connectivity index is 1.51. The standard InChI is InChI=1S/C30H28N2O2/c33-29(31-20-18-23-10-3-1-4-11-23)28(30(34)32-21-19-24-12-5-2-6-13-24)22-26-16-9-15-25-14-7-8-17-27(25)26/h1-17,22H,18-21H2,(H,31,33)(H,32,34). The van der Waals surface area contributed by atoms with Crippen molar-refractivity contribution in [2.45, 2.75) is 12.8 Å². The zero-order valence-electron chi connectivity index (χ0n) is 19.0. The van der Waals surface area contributed by atoms with E-state index in [1.165, 1.54) is 0 Å². The Kier molecular flexibility index (Phi) is 7.86. The molecule has 4 aromatic rings. The van der Waals surface area contributed by atoms with Gasteiger partial charge in [0, 0.05) is 13.1 Å². The van der Waals surface area contributed by atoms with Crippen LogP contribution in [0.5, 0.6) is 0 Å². The maximum absolute atomic E-state index is 13.1. The largest absolute Gasteiger partial charge is 0.352 e. The topological polar surface area (TPSA) is 58.2 Å². The van der Waals surface area contributed by atoms with Gasteiger partial charge in [0.05, 0.1) is 0 Å². The second-order valence-corrected chi connectivity index (χ2v) is 8.11. The van der Waals surface area contributed by atoms with Gasteiger partial charge in [0.15, 0.2) is 0 Å². The molecule has 4 nitrogen and oxygen atoms in total. The van der Waals surface area contributed by atoms with E-state index in [9.17, 15) is 9.59 Å². The summed E-state index contributed by atoms with van der Waals surface area (Å²) in [5.74, 6) is -0.748. The van der Waals surface area contributed by atoms with Crippen LogP contribution in [0.25, 0.3) is 16.8 Å². The molecule has 170 valence electrons. The number of hydrogen-bond acceptors (Lipinski definition) is 2. The van der Waals surface area contributed by atoms with E-state index in [1.807, 2.05) is 103 Å². The van der Waals surface area contributed by atoms with E-state index in [-0.39, 0.29) is 17.4 Å². The Morgan fingerprint density at radius 2 is 1.09 bits per heavy atom. The van der Waals surface area contributed by atoms with Crippen LogP contribution in [0.3, 0.4) is 0 Å². The van der Waals surface area contributed by atoms with Crippen LogP contribution in [0, 0.1) is 0 Å². The van der Waals surface area contributed by atoms with Crippen LogP contribution in [0.4, 0.5) is 0 Å². The molecular weight excluding hydrogens is 420 g/mol. The van der Waals surface area contributed by atoms with Crippen molar-refractivity contribution < 1.29 is 9.59 Å². The Labute approximate surface area is 200 Å². The molecule has 0 saturated heterocycles. The number of carbonyl (C=O) groups is 2. The number of nitrogens with one attached hydrogen (secondary N) is 2. The molecule has 0 saturated carbocycles. The summed E-state index contributed by atoms with van der Waals surface area (Å²) in [4.78, 5) is 26.2. The van der Waals surface area contributed by atoms with Gasteiger partial charge in [-0.1, -0.05) is 103 Å². The molecule has 0 aromatic heterocycles. The van der Waals surface area contributed by atoms with Crippen molar-refractivity contribution in [3.63, 3.8) is 0 Å².